The number of anilines is 1. The summed E-state index contributed by atoms with van der Waals surface area (Å²) in [6.07, 6.45) is 0. The van der Waals surface area contributed by atoms with Crippen LogP contribution >= 0.6 is 34.2 Å². The molecule has 4 heteroatoms. The lowest BCUT2D eigenvalue weighted by atomic mass is 10.2. The minimum atomic E-state index is -0.324. The van der Waals surface area contributed by atoms with Crippen LogP contribution in [-0.2, 0) is 6.54 Å². The van der Waals surface area contributed by atoms with Crippen LogP contribution in [0, 0.1) is 9.39 Å². The standard InChI is InChI=1S/C13H10ClFIN/c14-12-7-10(15)3-6-13(12)17-8-9-1-4-11(16)5-2-9/h1-7,17H,8H2. The summed E-state index contributed by atoms with van der Waals surface area (Å²) in [4.78, 5) is 0. The first-order valence-electron chi connectivity index (χ1n) is 5.08. The zero-order valence-corrected chi connectivity index (χ0v) is 11.8. The van der Waals surface area contributed by atoms with Gasteiger partial charge in [-0.2, -0.15) is 0 Å². The Labute approximate surface area is 118 Å². The van der Waals surface area contributed by atoms with Crippen LogP contribution in [0.5, 0.6) is 0 Å². The van der Waals surface area contributed by atoms with Crippen molar-refractivity contribution in [3.05, 3.63) is 62.4 Å². The number of rotatable bonds is 3. The second-order valence-electron chi connectivity index (χ2n) is 3.60. The number of hydrogen-bond donors (Lipinski definition) is 1. The Morgan fingerprint density at radius 2 is 1.82 bits per heavy atom. The molecule has 0 heterocycles. The third-order valence-electron chi connectivity index (χ3n) is 2.33. The number of benzene rings is 2. The van der Waals surface area contributed by atoms with Crippen LogP contribution in [0.25, 0.3) is 0 Å². The Hall–Kier alpha value is -0.810. The molecule has 0 saturated heterocycles. The molecule has 0 spiro atoms. The molecular formula is C13H10ClFIN. The maximum absolute atomic E-state index is 12.8. The molecule has 0 fully saturated rings. The first-order chi connectivity index (χ1) is 8.15. The number of hydrogen-bond acceptors (Lipinski definition) is 1. The van der Waals surface area contributed by atoms with E-state index in [1.807, 2.05) is 24.3 Å². The van der Waals surface area contributed by atoms with E-state index in [0.717, 1.165) is 11.3 Å². The molecule has 2 aromatic rings. The molecule has 1 N–H and O–H groups in total. The Morgan fingerprint density at radius 1 is 1.12 bits per heavy atom. The Kier molecular flexibility index (Phi) is 4.23. The van der Waals surface area contributed by atoms with Crippen LogP contribution in [0.2, 0.25) is 5.02 Å². The van der Waals surface area contributed by atoms with E-state index in [0.29, 0.717) is 11.6 Å². The molecule has 0 saturated carbocycles. The highest BCUT2D eigenvalue weighted by Gasteiger charge is 2.01. The van der Waals surface area contributed by atoms with Crippen LogP contribution in [0.4, 0.5) is 10.1 Å². The normalized spacial score (nSPS) is 10.3. The van der Waals surface area contributed by atoms with Gasteiger partial charge in [0.05, 0.1) is 10.7 Å². The maximum Gasteiger partial charge on any atom is 0.124 e. The van der Waals surface area contributed by atoms with Gasteiger partial charge in [-0.05, 0) is 58.5 Å². The van der Waals surface area contributed by atoms with E-state index in [2.05, 4.69) is 27.9 Å². The van der Waals surface area contributed by atoms with Gasteiger partial charge in [-0.1, -0.05) is 23.7 Å². The van der Waals surface area contributed by atoms with Crippen molar-refractivity contribution in [2.75, 3.05) is 5.32 Å². The van der Waals surface area contributed by atoms with Gasteiger partial charge in [0.1, 0.15) is 5.82 Å². The summed E-state index contributed by atoms with van der Waals surface area (Å²) in [5.74, 6) is -0.324. The molecule has 0 radical (unpaired) electrons. The molecule has 17 heavy (non-hydrogen) atoms. The van der Waals surface area contributed by atoms with Gasteiger partial charge in [-0.25, -0.2) is 4.39 Å². The van der Waals surface area contributed by atoms with Crippen molar-refractivity contribution in [1.29, 1.82) is 0 Å². The second kappa shape index (κ2) is 5.69. The highest BCUT2D eigenvalue weighted by molar-refractivity contribution is 14.1. The molecule has 0 bridgehead atoms. The lowest BCUT2D eigenvalue weighted by Crippen LogP contribution is -2.00. The van der Waals surface area contributed by atoms with Gasteiger partial charge in [0.25, 0.3) is 0 Å². The molecule has 2 rings (SSSR count). The average molecular weight is 362 g/mol. The minimum absolute atomic E-state index is 0.324. The number of halogens is 3. The molecule has 2 aromatic carbocycles. The van der Waals surface area contributed by atoms with Crippen LogP contribution < -0.4 is 5.32 Å². The van der Waals surface area contributed by atoms with Crippen molar-refractivity contribution in [1.82, 2.24) is 0 Å². The van der Waals surface area contributed by atoms with Crippen LogP contribution in [0.15, 0.2) is 42.5 Å². The predicted octanol–water partition coefficient (Wildman–Crippen LogP) is 4.70. The van der Waals surface area contributed by atoms with E-state index in [1.54, 1.807) is 6.07 Å². The Morgan fingerprint density at radius 3 is 2.47 bits per heavy atom. The van der Waals surface area contributed by atoms with Crippen molar-refractivity contribution < 1.29 is 4.39 Å². The van der Waals surface area contributed by atoms with Gasteiger partial charge in [0.15, 0.2) is 0 Å². The fourth-order valence-corrected chi connectivity index (χ4v) is 2.03. The van der Waals surface area contributed by atoms with E-state index < -0.39 is 0 Å². The summed E-state index contributed by atoms with van der Waals surface area (Å²) in [6.45, 7) is 0.669. The fraction of sp³-hybridized carbons (Fsp3) is 0.0769. The lowest BCUT2D eigenvalue weighted by Gasteiger charge is -2.08. The van der Waals surface area contributed by atoms with E-state index in [4.69, 9.17) is 11.6 Å². The van der Waals surface area contributed by atoms with Crippen molar-refractivity contribution in [2.24, 2.45) is 0 Å². The summed E-state index contributed by atoms with van der Waals surface area (Å²) >= 11 is 8.18. The molecule has 0 aliphatic carbocycles. The topological polar surface area (TPSA) is 12.0 Å². The largest absolute Gasteiger partial charge is 0.380 e. The Bertz CT molecular complexity index is 513. The summed E-state index contributed by atoms with van der Waals surface area (Å²) in [7, 11) is 0. The molecule has 0 atom stereocenters. The summed E-state index contributed by atoms with van der Waals surface area (Å²) in [5, 5.41) is 3.57. The fourth-order valence-electron chi connectivity index (χ4n) is 1.43. The monoisotopic (exact) mass is 361 g/mol. The van der Waals surface area contributed by atoms with Crippen molar-refractivity contribution in [3.63, 3.8) is 0 Å². The molecule has 0 aromatic heterocycles. The lowest BCUT2D eigenvalue weighted by molar-refractivity contribution is 0.628. The summed E-state index contributed by atoms with van der Waals surface area (Å²) in [6, 6.07) is 12.5. The molecule has 0 aliphatic heterocycles. The summed E-state index contributed by atoms with van der Waals surface area (Å²) < 4.78 is 14.0. The van der Waals surface area contributed by atoms with Gasteiger partial charge in [-0.3, -0.25) is 0 Å². The van der Waals surface area contributed by atoms with E-state index >= 15 is 0 Å². The molecule has 0 amide bonds. The first-order valence-corrected chi connectivity index (χ1v) is 6.54. The molecular weight excluding hydrogens is 352 g/mol. The van der Waals surface area contributed by atoms with Gasteiger partial charge in [-0.15, -0.1) is 0 Å². The van der Waals surface area contributed by atoms with E-state index in [9.17, 15) is 4.39 Å². The maximum atomic E-state index is 12.8. The highest BCUT2D eigenvalue weighted by Crippen LogP contribution is 2.23. The van der Waals surface area contributed by atoms with E-state index in [-0.39, 0.29) is 5.82 Å². The van der Waals surface area contributed by atoms with Crippen LogP contribution in [0.3, 0.4) is 0 Å². The van der Waals surface area contributed by atoms with Crippen LogP contribution in [0.1, 0.15) is 5.56 Å². The zero-order chi connectivity index (χ0) is 12.3. The third-order valence-corrected chi connectivity index (χ3v) is 3.36. The molecule has 1 nitrogen and oxygen atoms in total. The van der Waals surface area contributed by atoms with Gasteiger partial charge < -0.3 is 5.32 Å². The predicted molar refractivity (Wildman–Crippen MR) is 77.9 cm³/mol. The van der Waals surface area contributed by atoms with Crippen LogP contribution in [-0.4, -0.2) is 0 Å². The number of nitrogens with one attached hydrogen (secondary N) is 1. The summed E-state index contributed by atoms with van der Waals surface area (Å²) in [5.41, 5.74) is 1.90. The molecule has 0 aliphatic rings. The third kappa shape index (κ3) is 3.57. The average Bonchev–Trinajstić information content (AvgIpc) is 2.30. The second-order valence-corrected chi connectivity index (χ2v) is 5.26. The highest BCUT2D eigenvalue weighted by atomic mass is 127. The molecule has 0 unspecified atom stereocenters. The van der Waals surface area contributed by atoms with Gasteiger partial charge >= 0.3 is 0 Å². The Balaban J connectivity index is 2.04. The van der Waals surface area contributed by atoms with Crippen molar-refractivity contribution in [2.45, 2.75) is 6.54 Å². The van der Waals surface area contributed by atoms with Gasteiger partial charge in [0.2, 0.25) is 0 Å². The quantitative estimate of drug-likeness (QED) is 0.782. The smallest absolute Gasteiger partial charge is 0.124 e. The van der Waals surface area contributed by atoms with Crippen molar-refractivity contribution >= 4 is 39.9 Å². The molecule has 88 valence electrons. The SMILES string of the molecule is Fc1ccc(NCc2ccc(I)cc2)c(Cl)c1. The first kappa shape index (κ1) is 12.6. The van der Waals surface area contributed by atoms with E-state index in [1.165, 1.54) is 15.7 Å². The van der Waals surface area contributed by atoms with Crippen molar-refractivity contribution in [3.8, 4) is 0 Å². The minimum Gasteiger partial charge on any atom is -0.380 e. The van der Waals surface area contributed by atoms with Gasteiger partial charge in [0, 0.05) is 10.1 Å². The zero-order valence-electron chi connectivity index (χ0n) is 8.88.